The first-order valence-electron chi connectivity index (χ1n) is 13.8. The number of nitrogens with two attached hydrogens (primary N) is 1. The fourth-order valence-corrected chi connectivity index (χ4v) is 5.91. The Labute approximate surface area is 228 Å². The second-order valence-electron chi connectivity index (χ2n) is 11.0. The third kappa shape index (κ3) is 6.39. The van der Waals surface area contributed by atoms with Crippen LogP contribution in [0.3, 0.4) is 0 Å². The number of nitro groups is 1. The monoisotopic (exact) mass is 535 g/mol. The Morgan fingerprint density at radius 3 is 2.44 bits per heavy atom. The van der Waals surface area contributed by atoms with Crippen LogP contribution >= 0.6 is 0 Å². The number of non-ortho nitro benzene ring substituents is 1. The summed E-state index contributed by atoms with van der Waals surface area (Å²) in [6, 6.07) is 13.7. The highest BCUT2D eigenvalue weighted by atomic mass is 16.6. The normalized spacial score (nSPS) is 24.9. The van der Waals surface area contributed by atoms with E-state index >= 15 is 0 Å². The van der Waals surface area contributed by atoms with E-state index in [0.29, 0.717) is 36.9 Å². The van der Waals surface area contributed by atoms with Gasteiger partial charge in [-0.3, -0.25) is 24.6 Å². The molecule has 2 saturated carbocycles. The molecule has 2 aliphatic carbocycles. The SMILES string of the molecule is COc1cccc(C(=O)N2CC(N(Cc3ccc([N+](=O)[O-])cc3)C3CC3)CC2C(=O)NC2CCC(N)CC2)c1. The van der Waals surface area contributed by atoms with Crippen molar-refractivity contribution in [1.29, 1.82) is 0 Å². The van der Waals surface area contributed by atoms with Gasteiger partial charge in [0.15, 0.2) is 0 Å². The number of amides is 2. The largest absolute Gasteiger partial charge is 0.497 e. The van der Waals surface area contributed by atoms with Crippen molar-refractivity contribution < 1.29 is 19.2 Å². The minimum absolute atomic E-state index is 0.00206. The van der Waals surface area contributed by atoms with E-state index in [-0.39, 0.29) is 35.6 Å². The molecule has 3 aliphatic rings. The van der Waals surface area contributed by atoms with Crippen LogP contribution in [0.25, 0.3) is 0 Å². The van der Waals surface area contributed by atoms with Gasteiger partial charge in [-0.05, 0) is 68.7 Å². The molecule has 208 valence electrons. The highest BCUT2D eigenvalue weighted by Gasteiger charge is 2.45. The quantitative estimate of drug-likeness (QED) is 0.372. The second kappa shape index (κ2) is 11.7. The van der Waals surface area contributed by atoms with Crippen LogP contribution in [0.2, 0.25) is 0 Å². The number of hydrogen-bond donors (Lipinski definition) is 2. The Hall–Kier alpha value is -3.50. The van der Waals surface area contributed by atoms with Crippen LogP contribution in [0.15, 0.2) is 48.5 Å². The molecule has 0 spiro atoms. The number of carbonyl (C=O) groups is 2. The van der Waals surface area contributed by atoms with Crippen LogP contribution in [-0.2, 0) is 11.3 Å². The lowest BCUT2D eigenvalue weighted by Crippen LogP contribution is -2.50. The maximum atomic E-state index is 13.8. The van der Waals surface area contributed by atoms with Gasteiger partial charge >= 0.3 is 0 Å². The van der Waals surface area contributed by atoms with Crippen LogP contribution in [0, 0.1) is 10.1 Å². The van der Waals surface area contributed by atoms with Crippen molar-refractivity contribution >= 4 is 17.5 Å². The summed E-state index contributed by atoms with van der Waals surface area (Å²) in [7, 11) is 1.56. The van der Waals surface area contributed by atoms with Gasteiger partial charge in [-0.25, -0.2) is 0 Å². The molecule has 1 saturated heterocycles. The third-order valence-corrected chi connectivity index (χ3v) is 8.27. The number of ether oxygens (including phenoxy) is 1. The molecule has 3 N–H and O–H groups in total. The number of rotatable bonds is 9. The van der Waals surface area contributed by atoms with E-state index in [2.05, 4.69) is 10.2 Å². The number of nitro benzene ring substituents is 1. The minimum atomic E-state index is -0.581. The molecule has 0 aromatic heterocycles. The lowest BCUT2D eigenvalue weighted by atomic mass is 9.91. The lowest BCUT2D eigenvalue weighted by molar-refractivity contribution is -0.384. The Kier molecular flexibility index (Phi) is 8.13. The third-order valence-electron chi connectivity index (χ3n) is 8.27. The zero-order chi connectivity index (χ0) is 27.5. The van der Waals surface area contributed by atoms with E-state index in [0.717, 1.165) is 44.1 Å². The van der Waals surface area contributed by atoms with Crippen molar-refractivity contribution in [3.63, 3.8) is 0 Å². The topological polar surface area (TPSA) is 131 Å². The summed E-state index contributed by atoms with van der Waals surface area (Å²) < 4.78 is 5.33. The minimum Gasteiger partial charge on any atom is -0.497 e. The predicted octanol–water partition coefficient (Wildman–Crippen LogP) is 3.24. The van der Waals surface area contributed by atoms with Crippen LogP contribution in [0.4, 0.5) is 5.69 Å². The number of carbonyl (C=O) groups excluding carboxylic acids is 2. The van der Waals surface area contributed by atoms with E-state index in [1.54, 1.807) is 48.4 Å². The molecule has 2 amide bonds. The molecule has 5 rings (SSSR count). The standard InChI is InChI=1S/C29H37N5O5/c1-39-26-4-2-3-20(15-26)29(36)33-18-25(16-27(33)28(35)31-22-9-7-21(30)8-10-22)32(23-13-14-23)17-19-5-11-24(12-6-19)34(37)38/h2-6,11-12,15,21-23,25,27H,7-10,13-14,16-18,30H2,1H3,(H,31,35). The van der Waals surface area contributed by atoms with Gasteiger partial charge in [-0.2, -0.15) is 0 Å². The maximum absolute atomic E-state index is 13.8. The fraction of sp³-hybridized carbons (Fsp3) is 0.517. The van der Waals surface area contributed by atoms with E-state index in [1.165, 1.54) is 12.1 Å². The lowest BCUT2D eigenvalue weighted by Gasteiger charge is -2.30. The average molecular weight is 536 g/mol. The highest BCUT2D eigenvalue weighted by Crippen LogP contribution is 2.35. The first-order chi connectivity index (χ1) is 18.8. The molecule has 1 aliphatic heterocycles. The Morgan fingerprint density at radius 2 is 1.79 bits per heavy atom. The number of benzene rings is 2. The smallest absolute Gasteiger partial charge is 0.269 e. The molecule has 10 heteroatoms. The molecular formula is C29H37N5O5. The number of hydrogen-bond acceptors (Lipinski definition) is 7. The van der Waals surface area contributed by atoms with E-state index in [1.807, 2.05) is 0 Å². The molecule has 1 heterocycles. The second-order valence-corrected chi connectivity index (χ2v) is 11.0. The van der Waals surface area contributed by atoms with Crippen molar-refractivity contribution in [2.45, 2.75) is 81.7 Å². The van der Waals surface area contributed by atoms with Crippen LogP contribution < -0.4 is 15.8 Å². The van der Waals surface area contributed by atoms with Gasteiger partial charge in [-0.15, -0.1) is 0 Å². The average Bonchev–Trinajstić information content (AvgIpc) is 3.70. The highest BCUT2D eigenvalue weighted by molar-refractivity contribution is 5.98. The number of methoxy groups -OCH3 is 1. The molecule has 0 bridgehead atoms. The van der Waals surface area contributed by atoms with Gasteiger partial charge in [-0.1, -0.05) is 18.2 Å². The number of nitrogens with zero attached hydrogens (tertiary/aromatic N) is 3. The Morgan fingerprint density at radius 1 is 1.08 bits per heavy atom. The van der Waals surface area contributed by atoms with Gasteiger partial charge in [0.1, 0.15) is 11.8 Å². The number of nitrogens with one attached hydrogen (secondary N) is 1. The van der Waals surface area contributed by atoms with Gasteiger partial charge in [0, 0.05) is 55.0 Å². The zero-order valence-corrected chi connectivity index (χ0v) is 22.3. The van der Waals surface area contributed by atoms with Crippen LogP contribution in [0.5, 0.6) is 5.75 Å². The van der Waals surface area contributed by atoms with E-state index in [4.69, 9.17) is 10.5 Å². The Balaban J connectivity index is 1.36. The summed E-state index contributed by atoms with van der Waals surface area (Å²) in [5.74, 6) is 0.294. The van der Waals surface area contributed by atoms with Gasteiger partial charge < -0.3 is 20.7 Å². The fourth-order valence-electron chi connectivity index (χ4n) is 5.91. The molecular weight excluding hydrogens is 498 g/mol. The van der Waals surface area contributed by atoms with Gasteiger partial charge in [0.05, 0.1) is 12.0 Å². The van der Waals surface area contributed by atoms with Gasteiger partial charge in [0.2, 0.25) is 5.91 Å². The Bertz CT molecular complexity index is 1190. The van der Waals surface area contributed by atoms with E-state index < -0.39 is 11.0 Å². The maximum Gasteiger partial charge on any atom is 0.269 e. The number of likely N-dealkylation sites (tertiary alicyclic amines) is 1. The molecule has 2 atom stereocenters. The van der Waals surface area contributed by atoms with Crippen molar-refractivity contribution in [3.05, 3.63) is 69.8 Å². The summed E-state index contributed by atoms with van der Waals surface area (Å²) in [5.41, 5.74) is 7.59. The molecule has 2 aromatic carbocycles. The summed E-state index contributed by atoms with van der Waals surface area (Å²) in [6.07, 6.45) is 6.13. The van der Waals surface area contributed by atoms with Crippen molar-refractivity contribution in [2.75, 3.05) is 13.7 Å². The summed E-state index contributed by atoms with van der Waals surface area (Å²) >= 11 is 0. The van der Waals surface area contributed by atoms with Crippen LogP contribution in [0.1, 0.15) is 60.9 Å². The summed E-state index contributed by atoms with van der Waals surface area (Å²) in [5, 5.41) is 14.3. The predicted molar refractivity (Wildman–Crippen MR) is 146 cm³/mol. The molecule has 2 aromatic rings. The summed E-state index contributed by atoms with van der Waals surface area (Å²) in [6.45, 7) is 1.05. The molecule has 0 radical (unpaired) electrons. The van der Waals surface area contributed by atoms with Crippen LogP contribution in [-0.4, -0.2) is 70.4 Å². The van der Waals surface area contributed by atoms with Gasteiger partial charge in [0.25, 0.3) is 11.6 Å². The first kappa shape index (κ1) is 27.1. The van der Waals surface area contributed by atoms with E-state index in [9.17, 15) is 19.7 Å². The molecule has 10 nitrogen and oxygen atoms in total. The first-order valence-corrected chi connectivity index (χ1v) is 13.8. The molecule has 39 heavy (non-hydrogen) atoms. The van der Waals surface area contributed by atoms with Crippen molar-refractivity contribution in [3.8, 4) is 5.75 Å². The summed E-state index contributed by atoms with van der Waals surface area (Å²) in [4.78, 5) is 42.2. The van der Waals surface area contributed by atoms with Crippen molar-refractivity contribution in [2.24, 2.45) is 5.73 Å². The zero-order valence-electron chi connectivity index (χ0n) is 22.3. The van der Waals surface area contributed by atoms with Crippen molar-refractivity contribution in [1.82, 2.24) is 15.1 Å². The molecule has 3 fully saturated rings. The molecule has 2 unspecified atom stereocenters.